The molecule has 0 saturated heterocycles. The predicted octanol–water partition coefficient (Wildman–Crippen LogP) is -0.431. The van der Waals surface area contributed by atoms with Gasteiger partial charge in [0.1, 0.15) is 0 Å². The van der Waals surface area contributed by atoms with Crippen LogP contribution < -0.4 is 4.72 Å². The van der Waals surface area contributed by atoms with Crippen LogP contribution in [0, 0.1) is 5.92 Å². The third-order valence-corrected chi connectivity index (χ3v) is 3.25. The molecule has 6 heteroatoms. The van der Waals surface area contributed by atoms with Gasteiger partial charge in [-0.1, -0.05) is 13.8 Å². The lowest BCUT2D eigenvalue weighted by Gasteiger charge is -2.19. The van der Waals surface area contributed by atoms with E-state index in [1.807, 2.05) is 13.8 Å². The number of nitrogens with one attached hydrogen (secondary N) is 1. The molecule has 0 amide bonds. The summed E-state index contributed by atoms with van der Waals surface area (Å²) in [5.41, 5.74) is 0. The molecule has 0 bridgehead atoms. The number of methoxy groups -OCH3 is 1. The van der Waals surface area contributed by atoms with E-state index in [0.717, 1.165) is 0 Å². The second kappa shape index (κ2) is 6.34. The van der Waals surface area contributed by atoms with Crippen molar-refractivity contribution in [3.8, 4) is 0 Å². The van der Waals surface area contributed by atoms with Crippen LogP contribution in [0.2, 0.25) is 0 Å². The van der Waals surface area contributed by atoms with Gasteiger partial charge in [0.15, 0.2) is 0 Å². The van der Waals surface area contributed by atoms with Gasteiger partial charge in [-0.05, 0) is 5.92 Å². The Balaban J connectivity index is 4.18. The molecule has 0 aliphatic heterocycles. The number of aliphatic hydroxyl groups is 1. The quantitative estimate of drug-likeness (QED) is 0.616. The topological polar surface area (TPSA) is 75.6 Å². The maximum Gasteiger partial charge on any atom is 0.214 e. The molecule has 0 aromatic carbocycles. The van der Waals surface area contributed by atoms with Gasteiger partial charge in [0.25, 0.3) is 0 Å². The lowest BCUT2D eigenvalue weighted by atomic mass is 10.1. The molecule has 0 rings (SSSR count). The molecule has 0 radical (unpaired) electrons. The van der Waals surface area contributed by atoms with Crippen molar-refractivity contribution in [1.29, 1.82) is 0 Å². The molecule has 0 aliphatic carbocycles. The standard InChI is InChI=1S/C8H19NO4S/c1-7(2)8(6-10)9-14(11,12)5-4-13-3/h7-10H,4-6H2,1-3H3/t8-/m1/s1. The summed E-state index contributed by atoms with van der Waals surface area (Å²) < 4.78 is 29.8. The van der Waals surface area contributed by atoms with Gasteiger partial charge in [-0.25, -0.2) is 13.1 Å². The molecule has 0 aromatic rings. The SMILES string of the molecule is COCCS(=O)(=O)N[C@H](CO)C(C)C. The van der Waals surface area contributed by atoms with E-state index in [0.29, 0.717) is 0 Å². The van der Waals surface area contributed by atoms with Crippen LogP contribution in [0.25, 0.3) is 0 Å². The molecule has 0 saturated carbocycles. The number of aliphatic hydroxyl groups excluding tert-OH is 1. The van der Waals surface area contributed by atoms with Crippen LogP contribution >= 0.6 is 0 Å². The van der Waals surface area contributed by atoms with Crippen molar-refractivity contribution in [2.45, 2.75) is 19.9 Å². The predicted molar refractivity (Wildman–Crippen MR) is 54.5 cm³/mol. The highest BCUT2D eigenvalue weighted by molar-refractivity contribution is 7.89. The first-order chi connectivity index (χ1) is 6.43. The highest BCUT2D eigenvalue weighted by Gasteiger charge is 2.19. The van der Waals surface area contributed by atoms with Gasteiger partial charge in [0.05, 0.1) is 19.0 Å². The van der Waals surface area contributed by atoms with Crippen molar-refractivity contribution >= 4 is 10.0 Å². The lowest BCUT2D eigenvalue weighted by Crippen LogP contribution is -2.42. The van der Waals surface area contributed by atoms with E-state index in [1.54, 1.807) is 0 Å². The molecule has 86 valence electrons. The molecule has 0 fully saturated rings. The molecule has 14 heavy (non-hydrogen) atoms. The van der Waals surface area contributed by atoms with Crippen LogP contribution in [0.4, 0.5) is 0 Å². The Morgan fingerprint density at radius 1 is 1.43 bits per heavy atom. The first-order valence-electron chi connectivity index (χ1n) is 4.52. The molecule has 1 atom stereocenters. The second-order valence-corrected chi connectivity index (χ2v) is 5.34. The molecular weight excluding hydrogens is 206 g/mol. The van der Waals surface area contributed by atoms with E-state index in [1.165, 1.54) is 7.11 Å². The fraction of sp³-hybridized carbons (Fsp3) is 1.00. The van der Waals surface area contributed by atoms with Gasteiger partial charge in [0, 0.05) is 13.2 Å². The Morgan fingerprint density at radius 2 is 2.00 bits per heavy atom. The summed E-state index contributed by atoms with van der Waals surface area (Å²) in [6.07, 6.45) is 0. The molecule has 5 nitrogen and oxygen atoms in total. The van der Waals surface area contributed by atoms with E-state index in [-0.39, 0.29) is 24.9 Å². The van der Waals surface area contributed by atoms with Gasteiger partial charge >= 0.3 is 0 Å². The number of rotatable bonds is 7. The highest BCUT2D eigenvalue weighted by atomic mass is 32.2. The Hall–Kier alpha value is -0.170. The Bertz CT molecular complexity index is 238. The van der Waals surface area contributed by atoms with Gasteiger partial charge in [0.2, 0.25) is 10.0 Å². The summed E-state index contributed by atoms with van der Waals surface area (Å²) in [4.78, 5) is 0. The number of hydrogen-bond donors (Lipinski definition) is 2. The minimum Gasteiger partial charge on any atom is -0.395 e. The number of hydrogen-bond acceptors (Lipinski definition) is 4. The minimum atomic E-state index is -3.34. The molecule has 0 heterocycles. The van der Waals surface area contributed by atoms with Gasteiger partial charge in [-0.2, -0.15) is 0 Å². The molecule has 0 unspecified atom stereocenters. The van der Waals surface area contributed by atoms with Crippen LogP contribution in [0.1, 0.15) is 13.8 Å². The fourth-order valence-corrected chi connectivity index (χ4v) is 2.18. The summed E-state index contributed by atoms with van der Waals surface area (Å²) in [5.74, 6) is -0.00970. The maximum atomic E-state index is 11.4. The van der Waals surface area contributed by atoms with Crippen molar-refractivity contribution in [2.75, 3.05) is 26.1 Å². The molecule has 0 aromatic heterocycles. The zero-order chi connectivity index (χ0) is 11.2. The largest absolute Gasteiger partial charge is 0.395 e. The summed E-state index contributed by atoms with van der Waals surface area (Å²) in [7, 11) is -1.89. The van der Waals surface area contributed by atoms with E-state index in [4.69, 9.17) is 5.11 Å². The summed E-state index contributed by atoms with van der Waals surface area (Å²) >= 11 is 0. The summed E-state index contributed by atoms with van der Waals surface area (Å²) in [6.45, 7) is 3.66. The maximum absolute atomic E-state index is 11.4. The lowest BCUT2D eigenvalue weighted by molar-refractivity contribution is 0.214. The Labute approximate surface area is 85.5 Å². The average Bonchev–Trinajstić information content (AvgIpc) is 2.10. The third kappa shape index (κ3) is 5.54. The molecule has 0 spiro atoms. The number of ether oxygens (including phenoxy) is 1. The van der Waals surface area contributed by atoms with E-state index in [2.05, 4.69) is 9.46 Å². The van der Waals surface area contributed by atoms with Crippen molar-refractivity contribution in [1.82, 2.24) is 4.72 Å². The van der Waals surface area contributed by atoms with Crippen LogP contribution in [0.5, 0.6) is 0 Å². The van der Waals surface area contributed by atoms with Crippen molar-refractivity contribution < 1.29 is 18.3 Å². The highest BCUT2D eigenvalue weighted by Crippen LogP contribution is 2.02. The van der Waals surface area contributed by atoms with Crippen LogP contribution in [-0.4, -0.2) is 45.6 Å². The Morgan fingerprint density at radius 3 is 2.36 bits per heavy atom. The zero-order valence-corrected chi connectivity index (χ0v) is 9.67. The zero-order valence-electron chi connectivity index (χ0n) is 8.86. The second-order valence-electron chi connectivity index (χ2n) is 3.46. The summed E-state index contributed by atoms with van der Waals surface area (Å²) in [5, 5.41) is 8.93. The normalized spacial score (nSPS) is 14.6. The van der Waals surface area contributed by atoms with E-state index in [9.17, 15) is 8.42 Å². The first-order valence-corrected chi connectivity index (χ1v) is 6.18. The minimum absolute atomic E-state index is 0.0670. The van der Waals surface area contributed by atoms with Crippen molar-refractivity contribution in [2.24, 2.45) is 5.92 Å². The Kier molecular flexibility index (Phi) is 6.26. The molecule has 0 aliphatic rings. The van der Waals surface area contributed by atoms with Crippen LogP contribution in [-0.2, 0) is 14.8 Å². The van der Waals surface area contributed by atoms with Crippen molar-refractivity contribution in [3.05, 3.63) is 0 Å². The van der Waals surface area contributed by atoms with E-state index >= 15 is 0 Å². The fourth-order valence-electron chi connectivity index (χ4n) is 0.867. The summed E-state index contributed by atoms with van der Waals surface area (Å²) in [6, 6.07) is -0.420. The third-order valence-electron chi connectivity index (χ3n) is 1.89. The monoisotopic (exact) mass is 225 g/mol. The average molecular weight is 225 g/mol. The first kappa shape index (κ1) is 13.8. The van der Waals surface area contributed by atoms with Crippen molar-refractivity contribution in [3.63, 3.8) is 0 Å². The van der Waals surface area contributed by atoms with Crippen LogP contribution in [0.3, 0.4) is 0 Å². The van der Waals surface area contributed by atoms with Crippen LogP contribution in [0.15, 0.2) is 0 Å². The van der Waals surface area contributed by atoms with Gasteiger partial charge in [-0.3, -0.25) is 0 Å². The number of sulfonamides is 1. The molecular formula is C8H19NO4S. The van der Waals surface area contributed by atoms with Gasteiger partial charge < -0.3 is 9.84 Å². The smallest absolute Gasteiger partial charge is 0.214 e. The molecule has 2 N–H and O–H groups in total. The van der Waals surface area contributed by atoms with Gasteiger partial charge in [-0.15, -0.1) is 0 Å². The van der Waals surface area contributed by atoms with E-state index < -0.39 is 16.1 Å².